The van der Waals surface area contributed by atoms with Gasteiger partial charge in [-0.3, -0.25) is 0 Å². The topological polar surface area (TPSA) is 9.72 Å². The summed E-state index contributed by atoms with van der Waals surface area (Å²) >= 11 is 6.11. The second kappa shape index (κ2) is 39.8. The summed E-state index contributed by atoms with van der Waals surface area (Å²) in [5.74, 6) is 4.79. The summed E-state index contributed by atoms with van der Waals surface area (Å²) in [6.45, 7) is 52.1. The lowest BCUT2D eigenvalue weighted by molar-refractivity contribution is 0.632. The van der Waals surface area contributed by atoms with Crippen molar-refractivity contribution in [3.63, 3.8) is 0 Å². The Bertz CT molecular complexity index is 7240. The Kier molecular flexibility index (Phi) is 27.0. The van der Waals surface area contributed by atoms with Gasteiger partial charge in [0, 0.05) is 48.5 Å². The van der Waals surface area contributed by atoms with Crippen LogP contribution in [0.5, 0.6) is 0 Å². The van der Waals surface area contributed by atoms with E-state index in [2.05, 4.69) is 536 Å². The number of para-hydroxylation sites is 6. The van der Waals surface area contributed by atoms with Gasteiger partial charge in [-0.2, -0.15) is 34.8 Å². The van der Waals surface area contributed by atoms with Crippen LogP contribution in [0, 0.1) is 0 Å². The molecule has 17 aromatic rings. The summed E-state index contributed by atoms with van der Waals surface area (Å²) in [5.41, 5.74) is 48.7. The molecule has 0 bridgehead atoms. The zero-order valence-corrected chi connectivity index (χ0v) is 92.2. The van der Waals surface area contributed by atoms with Crippen LogP contribution in [0.4, 0.5) is 51.2 Å². The van der Waals surface area contributed by atoms with Crippen LogP contribution < -0.4 is 57.9 Å². The fourth-order valence-corrected chi connectivity index (χ4v) is 31.9. The Labute approximate surface area is 880 Å². The van der Waals surface area contributed by atoms with E-state index in [1.807, 2.05) is 34.8 Å². The van der Waals surface area contributed by atoms with Crippen LogP contribution in [0.2, 0.25) is 13.1 Å². The minimum Gasteiger partial charge on any atom is -0.311 e. The third-order valence-electron chi connectivity index (χ3n) is 32.1. The molecule has 722 valence electrons. The van der Waals surface area contributed by atoms with Crippen molar-refractivity contribution < 1.29 is 0 Å². The first-order valence-electron chi connectivity index (χ1n) is 53.3. The summed E-state index contributed by atoms with van der Waals surface area (Å²) in [7, 11) is -1.84. The van der Waals surface area contributed by atoms with E-state index in [-0.39, 0.29) is 23.4 Å². The zero-order valence-electron chi connectivity index (χ0n) is 88.7. The fraction of sp³-hybridized carbons (Fsp3) is 0.244. The highest BCUT2D eigenvalue weighted by atomic mass is 32.2. The highest BCUT2D eigenvalue weighted by molar-refractivity contribution is 8.29. The average Bonchev–Trinajstić information content (AvgIpc) is 0.693. The van der Waals surface area contributed by atoms with E-state index in [4.69, 9.17) is 0 Å². The van der Waals surface area contributed by atoms with Crippen molar-refractivity contribution in [2.24, 2.45) is 0 Å². The molecule has 0 radical (unpaired) electrons. The van der Waals surface area contributed by atoms with E-state index in [1.54, 1.807) is 0 Å². The second-order valence-corrected chi connectivity index (χ2v) is 52.6. The predicted molar refractivity (Wildman–Crippen MR) is 639 cm³/mol. The largest absolute Gasteiger partial charge is 0.311 e. The zero-order chi connectivity index (χ0) is 101. The molecule has 145 heavy (non-hydrogen) atoms. The standard InChI is InChI=1S/C52H48BNS.C42H44BNS.C41H44BNSSi/c1-34(2)37-31-42(35(3)4)51(43(32-37)36(5)6)53-47-30-29-40(33-44(47)41-23-13-18-28-50(41)55-53)54-48-26-16-14-24-45(48)52(38-19-9-7-10-20-38,39-21-11-8-12-22-39)46-25-15-17-27-49(46)54;1-26(2)29-23-32(27(3)4)41(33(24-29)28(5)6)43-37-22-21-30(25-34(37)31-15-9-14-20-40(31)45-43)44-38-18-12-10-16-35(38)42(7,8)36-17-11-13-19-39(36)44;1-26(2)29-23-32(27(3)4)41(33(24-29)28(5)6)42-35-22-21-30(25-34(35)31-15-9-12-18-38(31)44-42)43-36-16-10-13-19-39(36)45(7,8)40-20-14-11-17-37(40)43/h7-36H,1-6H3;2*9-28H,1-8H3. The van der Waals surface area contributed by atoms with Crippen molar-refractivity contribution in [3.8, 4) is 33.4 Å². The average molecular weight is 1960 g/mol. The normalized spacial score (nSPS) is 14.6. The van der Waals surface area contributed by atoms with Crippen molar-refractivity contribution >= 4 is 155 Å². The molecule has 0 amide bonds. The number of rotatable bonds is 17. The van der Waals surface area contributed by atoms with E-state index < -0.39 is 13.5 Å². The van der Waals surface area contributed by atoms with Crippen molar-refractivity contribution in [1.82, 2.24) is 0 Å². The lowest BCUT2D eigenvalue weighted by Gasteiger charge is -2.46. The molecule has 6 aliphatic heterocycles. The summed E-state index contributed by atoms with van der Waals surface area (Å²) in [6.07, 6.45) is 0. The van der Waals surface area contributed by atoms with E-state index in [1.165, 1.54) is 226 Å². The molecule has 23 rings (SSSR count). The molecular formula is C135H136B3N3S3Si. The number of hydrogen-bond donors (Lipinski definition) is 0. The first-order valence-corrected chi connectivity index (χ1v) is 58.9. The van der Waals surface area contributed by atoms with Gasteiger partial charge in [0.2, 0.25) is 0 Å². The van der Waals surface area contributed by atoms with Crippen molar-refractivity contribution in [2.45, 2.75) is 230 Å². The lowest BCUT2D eigenvalue weighted by atomic mass is 9.54. The Morgan fingerprint density at radius 3 is 0.745 bits per heavy atom. The lowest BCUT2D eigenvalue weighted by Crippen LogP contribution is -2.58. The molecule has 3 nitrogen and oxygen atoms in total. The first kappa shape index (κ1) is 98.6. The molecule has 0 saturated heterocycles. The first-order chi connectivity index (χ1) is 69.9. The Morgan fingerprint density at radius 2 is 0.462 bits per heavy atom. The van der Waals surface area contributed by atoms with Crippen LogP contribution in [0.25, 0.3) is 33.4 Å². The van der Waals surface area contributed by atoms with Gasteiger partial charge in [0.1, 0.15) is 8.07 Å². The van der Waals surface area contributed by atoms with E-state index in [9.17, 15) is 0 Å². The molecule has 0 fully saturated rings. The van der Waals surface area contributed by atoms with E-state index >= 15 is 0 Å². The van der Waals surface area contributed by atoms with Crippen LogP contribution in [-0.4, -0.2) is 26.0 Å². The van der Waals surface area contributed by atoms with Crippen molar-refractivity contribution in [3.05, 3.63) is 454 Å². The third-order valence-corrected chi connectivity index (χ3v) is 39.6. The molecule has 6 aliphatic rings. The Balaban J connectivity index is 0.000000129. The molecule has 0 unspecified atom stereocenters. The molecule has 17 aromatic carbocycles. The quantitative estimate of drug-likeness (QED) is 0.0835. The molecule has 0 atom stereocenters. The second-order valence-electron chi connectivity index (χ2n) is 44.9. The monoisotopic (exact) mass is 1960 g/mol. The highest BCUT2D eigenvalue weighted by Gasteiger charge is 2.49. The number of benzene rings is 17. The number of hydrogen-bond acceptors (Lipinski definition) is 6. The maximum Gasteiger partial charge on any atom is 0.282 e. The molecule has 0 N–H and O–H groups in total. The minimum atomic E-state index is -1.84. The molecular weight excluding hydrogens is 1820 g/mol. The molecule has 10 heteroatoms. The van der Waals surface area contributed by atoms with Gasteiger partial charge in [-0.05, 0) is 271 Å². The summed E-state index contributed by atoms with van der Waals surface area (Å²) in [6, 6.07) is 141. The van der Waals surface area contributed by atoms with Gasteiger partial charge in [0.15, 0.2) is 0 Å². The maximum absolute atomic E-state index is 2.53. The van der Waals surface area contributed by atoms with Gasteiger partial charge in [-0.25, -0.2) is 0 Å². The van der Waals surface area contributed by atoms with Crippen LogP contribution in [-0.2, 0) is 10.8 Å². The summed E-state index contributed by atoms with van der Waals surface area (Å²) in [4.78, 5) is 11.6. The number of nitrogens with zero attached hydrogens (tertiary/aromatic N) is 3. The Hall–Kier alpha value is -12.4. The Morgan fingerprint density at radius 1 is 0.228 bits per heavy atom. The van der Waals surface area contributed by atoms with Crippen LogP contribution in [0.1, 0.15) is 275 Å². The van der Waals surface area contributed by atoms with Gasteiger partial charge in [-0.1, -0.05) is 463 Å². The molecule has 0 spiro atoms. The molecule has 0 aromatic heterocycles. The molecule has 6 heterocycles. The van der Waals surface area contributed by atoms with Gasteiger partial charge < -0.3 is 14.7 Å². The van der Waals surface area contributed by atoms with E-state index in [0.717, 1.165) is 0 Å². The van der Waals surface area contributed by atoms with E-state index in [0.29, 0.717) is 53.3 Å². The van der Waals surface area contributed by atoms with Crippen LogP contribution >= 0.6 is 34.8 Å². The molecule has 0 aliphatic carbocycles. The summed E-state index contributed by atoms with van der Waals surface area (Å²) in [5, 5.41) is 3.01. The number of fused-ring (bicyclic) bond motifs is 15. The maximum atomic E-state index is 2.53. The third kappa shape index (κ3) is 17.3. The van der Waals surface area contributed by atoms with Gasteiger partial charge in [0.05, 0.1) is 28.2 Å². The van der Waals surface area contributed by atoms with Crippen LogP contribution in [0.15, 0.2) is 385 Å². The van der Waals surface area contributed by atoms with Gasteiger partial charge in [-0.15, -0.1) is 0 Å². The van der Waals surface area contributed by atoms with Gasteiger partial charge >= 0.3 is 0 Å². The number of anilines is 9. The van der Waals surface area contributed by atoms with Crippen molar-refractivity contribution in [1.29, 1.82) is 0 Å². The van der Waals surface area contributed by atoms with Crippen molar-refractivity contribution in [2.75, 3.05) is 14.7 Å². The highest BCUT2D eigenvalue weighted by Crippen LogP contribution is 2.60. The minimum absolute atomic E-state index is 0.0745. The molecule has 0 saturated carbocycles. The van der Waals surface area contributed by atoms with Gasteiger partial charge in [0.25, 0.3) is 18.0 Å². The predicted octanol–water partition coefficient (Wildman–Crippen LogP) is 33.7. The summed E-state index contributed by atoms with van der Waals surface area (Å²) < 4.78 is 0. The SMILES string of the molecule is CC(C)c1cc(C(C)C)c(B2Sc3ccccc3-c3cc(N4c5ccccc5C(C)(C)c5ccccc54)ccc32)c(C(C)C)c1.CC(C)c1cc(C(C)C)c(B2Sc3ccccc3-c3cc(N4c5ccccc5C(c5ccccc5)(c5ccccc5)c5ccccc54)ccc32)c(C(C)C)c1.CC(C)c1cc(C(C)C)c(B2Sc3ccccc3-c3cc(N4c5ccccc5[Si](C)(C)c5ccccc54)ccc32)c(C(C)C)c1. The fourth-order valence-electron chi connectivity index (χ4n) is 24.6. The van der Waals surface area contributed by atoms with Crippen LogP contribution in [0.3, 0.4) is 0 Å². The smallest absolute Gasteiger partial charge is 0.282 e.